The minimum atomic E-state index is -1.14. The molecule has 0 bridgehead atoms. The van der Waals surface area contributed by atoms with Gasteiger partial charge < -0.3 is 19.0 Å². The number of halogens is 1. The highest BCUT2D eigenvalue weighted by molar-refractivity contribution is 7.83. The highest BCUT2D eigenvalue weighted by Gasteiger charge is 2.25. The predicted octanol–water partition coefficient (Wildman–Crippen LogP) is 4.35. The SMILES string of the molecule is COc1cccc(N2CCN(C(=O)c3ccc(C[S@](=O)Cc4ccc(Cl)cc4)o3)CC2)c1. The number of rotatable bonds is 7. The van der Waals surface area contributed by atoms with Crippen LogP contribution < -0.4 is 9.64 Å². The van der Waals surface area contributed by atoms with Crippen LogP contribution in [0.15, 0.2) is 65.1 Å². The van der Waals surface area contributed by atoms with Crippen LogP contribution in [-0.2, 0) is 22.3 Å². The van der Waals surface area contributed by atoms with Gasteiger partial charge in [0.05, 0.1) is 12.9 Å². The fraction of sp³-hybridized carbons (Fsp3) is 0.292. The average Bonchev–Trinajstić information content (AvgIpc) is 3.28. The number of carbonyl (C=O) groups is 1. The van der Waals surface area contributed by atoms with Gasteiger partial charge in [-0.15, -0.1) is 0 Å². The lowest BCUT2D eigenvalue weighted by Gasteiger charge is -2.35. The first-order valence-electron chi connectivity index (χ1n) is 10.4. The summed E-state index contributed by atoms with van der Waals surface area (Å²) in [4.78, 5) is 16.9. The third-order valence-corrected chi connectivity index (χ3v) is 6.92. The molecule has 32 heavy (non-hydrogen) atoms. The summed E-state index contributed by atoms with van der Waals surface area (Å²) in [5.74, 6) is 2.20. The number of hydrogen-bond acceptors (Lipinski definition) is 5. The van der Waals surface area contributed by atoms with Crippen molar-refractivity contribution in [3.05, 3.63) is 82.8 Å². The molecule has 1 saturated heterocycles. The number of furan rings is 1. The lowest BCUT2D eigenvalue weighted by atomic mass is 10.2. The maximum Gasteiger partial charge on any atom is 0.289 e. The number of anilines is 1. The summed E-state index contributed by atoms with van der Waals surface area (Å²) < 4.78 is 23.5. The van der Waals surface area contributed by atoms with Crippen molar-refractivity contribution in [2.75, 3.05) is 38.2 Å². The summed E-state index contributed by atoms with van der Waals surface area (Å²) in [7, 11) is 0.513. The van der Waals surface area contributed by atoms with Crippen molar-refractivity contribution in [2.24, 2.45) is 0 Å². The molecule has 0 unspecified atom stereocenters. The molecule has 1 aliphatic rings. The first-order chi connectivity index (χ1) is 15.5. The minimum absolute atomic E-state index is 0.134. The molecule has 0 aliphatic carbocycles. The van der Waals surface area contributed by atoms with E-state index in [1.807, 2.05) is 36.4 Å². The van der Waals surface area contributed by atoms with Gasteiger partial charge in [-0.1, -0.05) is 29.8 Å². The van der Waals surface area contributed by atoms with Crippen molar-refractivity contribution in [3.63, 3.8) is 0 Å². The van der Waals surface area contributed by atoms with Gasteiger partial charge >= 0.3 is 0 Å². The fourth-order valence-corrected chi connectivity index (χ4v) is 4.94. The van der Waals surface area contributed by atoms with Gasteiger partial charge in [0, 0.05) is 59.5 Å². The predicted molar refractivity (Wildman–Crippen MR) is 127 cm³/mol. The number of benzene rings is 2. The largest absolute Gasteiger partial charge is 0.497 e. The van der Waals surface area contributed by atoms with Gasteiger partial charge in [0.15, 0.2) is 5.76 Å². The van der Waals surface area contributed by atoms with Crippen LogP contribution in [0.4, 0.5) is 5.69 Å². The Morgan fingerprint density at radius 2 is 1.78 bits per heavy atom. The number of ether oxygens (including phenoxy) is 1. The van der Waals surface area contributed by atoms with Crippen LogP contribution in [-0.4, -0.2) is 48.3 Å². The zero-order valence-electron chi connectivity index (χ0n) is 17.8. The second-order valence-electron chi connectivity index (χ2n) is 7.60. The second-order valence-corrected chi connectivity index (χ2v) is 9.50. The molecule has 8 heteroatoms. The zero-order valence-corrected chi connectivity index (χ0v) is 19.4. The Morgan fingerprint density at radius 3 is 2.50 bits per heavy atom. The first kappa shape index (κ1) is 22.4. The van der Waals surface area contributed by atoms with Crippen LogP contribution in [0.25, 0.3) is 0 Å². The second kappa shape index (κ2) is 10.2. The van der Waals surface area contributed by atoms with E-state index in [9.17, 15) is 9.00 Å². The molecular weight excluding hydrogens is 448 g/mol. The topological polar surface area (TPSA) is 63.0 Å². The molecule has 168 valence electrons. The quantitative estimate of drug-likeness (QED) is 0.511. The molecule has 0 radical (unpaired) electrons. The van der Waals surface area contributed by atoms with Crippen LogP contribution in [0, 0.1) is 0 Å². The molecule has 3 aromatic rings. The van der Waals surface area contributed by atoms with Gasteiger partial charge in [-0.05, 0) is 42.0 Å². The van der Waals surface area contributed by atoms with Crippen molar-refractivity contribution in [3.8, 4) is 5.75 Å². The van der Waals surface area contributed by atoms with Crippen LogP contribution >= 0.6 is 11.6 Å². The summed E-state index contributed by atoms with van der Waals surface area (Å²) in [6.07, 6.45) is 0. The number of piperazine rings is 1. The monoisotopic (exact) mass is 472 g/mol. The van der Waals surface area contributed by atoms with Gasteiger partial charge in [0.1, 0.15) is 11.5 Å². The number of methoxy groups -OCH3 is 1. The summed E-state index contributed by atoms with van der Waals surface area (Å²) in [6, 6.07) is 18.6. The zero-order chi connectivity index (χ0) is 22.5. The van der Waals surface area contributed by atoms with Crippen LogP contribution in [0.1, 0.15) is 21.9 Å². The molecule has 1 fully saturated rings. The molecule has 0 spiro atoms. The van der Waals surface area contributed by atoms with E-state index in [4.69, 9.17) is 20.8 Å². The van der Waals surface area contributed by atoms with Gasteiger partial charge in [0.2, 0.25) is 0 Å². The third-order valence-electron chi connectivity index (χ3n) is 5.40. The third kappa shape index (κ3) is 5.53. The molecule has 0 saturated carbocycles. The number of hydrogen-bond donors (Lipinski definition) is 0. The molecule has 2 heterocycles. The Bertz CT molecular complexity index is 1090. The summed E-state index contributed by atoms with van der Waals surface area (Å²) >= 11 is 5.89. The van der Waals surface area contributed by atoms with E-state index in [-0.39, 0.29) is 11.7 Å². The summed E-state index contributed by atoms with van der Waals surface area (Å²) in [5.41, 5.74) is 2.03. The standard InChI is InChI=1S/C24H25ClN2O4S/c1-30-21-4-2-3-20(15-21)26-11-13-27(14-12-26)24(28)23-10-9-22(31-23)17-32(29)16-18-5-7-19(25)8-6-18/h2-10,15H,11-14,16-17H2,1H3/t32-/m1/s1. The van der Waals surface area contributed by atoms with Crippen LogP contribution in [0.3, 0.4) is 0 Å². The summed E-state index contributed by atoms with van der Waals surface area (Å²) in [5, 5.41) is 0.651. The Hall–Kier alpha value is -2.77. The lowest BCUT2D eigenvalue weighted by molar-refractivity contribution is 0.0713. The highest BCUT2D eigenvalue weighted by atomic mass is 35.5. The molecule has 0 N–H and O–H groups in total. The Morgan fingerprint density at radius 1 is 1.03 bits per heavy atom. The normalized spacial score (nSPS) is 14.9. The van der Waals surface area contributed by atoms with Crippen molar-refractivity contribution in [2.45, 2.75) is 11.5 Å². The van der Waals surface area contributed by atoms with E-state index in [1.54, 1.807) is 36.3 Å². The van der Waals surface area contributed by atoms with Crippen molar-refractivity contribution in [1.82, 2.24) is 4.90 Å². The number of carbonyl (C=O) groups excluding carboxylic acids is 1. The van der Waals surface area contributed by atoms with E-state index in [0.717, 1.165) is 30.1 Å². The Kier molecular flexibility index (Phi) is 7.17. The first-order valence-corrected chi connectivity index (χ1v) is 12.2. The average molecular weight is 473 g/mol. The molecule has 1 amide bonds. The Labute approximate surface area is 195 Å². The van der Waals surface area contributed by atoms with E-state index in [2.05, 4.69) is 4.90 Å². The van der Waals surface area contributed by atoms with E-state index >= 15 is 0 Å². The van der Waals surface area contributed by atoms with Crippen molar-refractivity contribution >= 4 is 34.0 Å². The maximum absolute atomic E-state index is 12.9. The lowest BCUT2D eigenvalue weighted by Crippen LogP contribution is -2.48. The molecular formula is C24H25ClN2O4S. The van der Waals surface area contributed by atoms with Gasteiger partial charge in [0.25, 0.3) is 5.91 Å². The van der Waals surface area contributed by atoms with Crippen molar-refractivity contribution in [1.29, 1.82) is 0 Å². The molecule has 6 nitrogen and oxygen atoms in total. The maximum atomic E-state index is 12.9. The molecule has 1 atom stereocenters. The van der Waals surface area contributed by atoms with E-state index in [1.165, 1.54) is 0 Å². The molecule has 4 rings (SSSR count). The van der Waals surface area contributed by atoms with Crippen LogP contribution in [0.2, 0.25) is 5.02 Å². The minimum Gasteiger partial charge on any atom is -0.497 e. The van der Waals surface area contributed by atoms with Crippen molar-refractivity contribution < 1.29 is 18.2 Å². The fourth-order valence-electron chi connectivity index (χ4n) is 3.68. The van der Waals surface area contributed by atoms with Gasteiger partial charge in [-0.3, -0.25) is 9.00 Å². The van der Waals surface area contributed by atoms with E-state index in [0.29, 0.717) is 35.4 Å². The van der Waals surface area contributed by atoms with Gasteiger partial charge in [-0.2, -0.15) is 0 Å². The van der Waals surface area contributed by atoms with E-state index < -0.39 is 10.8 Å². The number of nitrogens with zero attached hydrogens (tertiary/aromatic N) is 2. The molecule has 1 aromatic heterocycles. The van der Waals surface area contributed by atoms with Gasteiger partial charge in [-0.25, -0.2) is 0 Å². The Balaban J connectivity index is 1.31. The highest BCUT2D eigenvalue weighted by Crippen LogP contribution is 2.23. The number of amides is 1. The smallest absolute Gasteiger partial charge is 0.289 e. The summed E-state index contributed by atoms with van der Waals surface area (Å²) in [6.45, 7) is 2.68. The molecule has 1 aliphatic heterocycles. The van der Waals surface area contributed by atoms with Crippen LogP contribution in [0.5, 0.6) is 5.75 Å². The molecule has 2 aromatic carbocycles.